The average molecular weight is 192 g/mol. The highest BCUT2D eigenvalue weighted by Gasteiger charge is 2.10. The van der Waals surface area contributed by atoms with E-state index in [1.807, 2.05) is 20.8 Å². The van der Waals surface area contributed by atoms with Crippen molar-refractivity contribution in [3.8, 4) is 0 Å². The molecule has 0 rings (SSSR count). The van der Waals surface area contributed by atoms with Gasteiger partial charge in [0.05, 0.1) is 0 Å². The van der Waals surface area contributed by atoms with Crippen molar-refractivity contribution in [1.29, 1.82) is 0 Å². The first-order chi connectivity index (χ1) is 5.61. The normalized spacial score (nSPS) is 15.3. The Morgan fingerprint density at radius 3 is 2.50 bits per heavy atom. The number of alkyl halides is 1. The number of carbonyl (C=O) groups excluding carboxylic acids is 1. The van der Waals surface area contributed by atoms with Gasteiger partial charge in [-0.3, -0.25) is 4.79 Å². The molecule has 72 valence electrons. The van der Waals surface area contributed by atoms with E-state index in [2.05, 4.69) is 5.32 Å². The molecule has 2 atom stereocenters. The van der Waals surface area contributed by atoms with Crippen molar-refractivity contribution >= 4 is 17.5 Å². The predicted octanol–water partition coefficient (Wildman–Crippen LogP) is 2.02. The fourth-order valence-electron chi connectivity index (χ4n) is 0.689. The highest BCUT2D eigenvalue weighted by Crippen LogP contribution is 2.01. The molecule has 2 unspecified atom stereocenters. The van der Waals surface area contributed by atoms with Crippen LogP contribution in [0.15, 0.2) is 0 Å². The molecule has 0 aromatic heterocycles. The van der Waals surface area contributed by atoms with Crippen LogP contribution in [0.2, 0.25) is 0 Å². The van der Waals surface area contributed by atoms with Gasteiger partial charge in [0.25, 0.3) is 0 Å². The molecule has 0 bridgehead atoms. The number of carbonyl (C=O) groups is 1. The number of hydrogen-bond acceptors (Lipinski definition) is 1. The highest BCUT2D eigenvalue weighted by molar-refractivity contribution is 6.18. The third-order valence-corrected chi connectivity index (χ3v) is 2.47. The van der Waals surface area contributed by atoms with E-state index < -0.39 is 0 Å². The molecule has 0 radical (unpaired) electrons. The van der Waals surface area contributed by atoms with Crippen molar-refractivity contribution in [3.05, 3.63) is 0 Å². The molecular weight excluding hydrogens is 174 g/mol. The molecule has 1 N–H and O–H groups in total. The maximum absolute atomic E-state index is 11.2. The predicted molar refractivity (Wildman–Crippen MR) is 52.3 cm³/mol. The van der Waals surface area contributed by atoms with Crippen LogP contribution in [0.25, 0.3) is 0 Å². The second kappa shape index (κ2) is 6.30. The van der Waals surface area contributed by atoms with E-state index >= 15 is 0 Å². The second-order valence-electron chi connectivity index (χ2n) is 3.31. The third-order valence-electron chi connectivity index (χ3n) is 1.95. The van der Waals surface area contributed by atoms with Crippen LogP contribution in [0, 0.1) is 11.8 Å². The largest absolute Gasteiger partial charge is 0.356 e. The van der Waals surface area contributed by atoms with Gasteiger partial charge < -0.3 is 5.32 Å². The Bertz CT molecular complexity index is 138. The van der Waals surface area contributed by atoms with Crippen molar-refractivity contribution in [2.45, 2.75) is 27.2 Å². The Balaban J connectivity index is 3.56. The highest BCUT2D eigenvalue weighted by atomic mass is 35.5. The Hall–Kier alpha value is -0.240. The standard InChI is InChI=1S/C9H18ClNO/c1-4-8(3)9(12)11-6-7(2)5-10/h7-8H,4-6H2,1-3H3,(H,11,12). The van der Waals surface area contributed by atoms with Crippen molar-refractivity contribution in [3.63, 3.8) is 0 Å². The zero-order valence-electron chi connectivity index (χ0n) is 8.06. The minimum absolute atomic E-state index is 0.118. The summed E-state index contributed by atoms with van der Waals surface area (Å²) in [6, 6.07) is 0. The quantitative estimate of drug-likeness (QED) is 0.662. The minimum atomic E-state index is 0.118. The topological polar surface area (TPSA) is 29.1 Å². The van der Waals surface area contributed by atoms with Gasteiger partial charge in [0, 0.05) is 18.3 Å². The minimum Gasteiger partial charge on any atom is -0.356 e. The summed E-state index contributed by atoms with van der Waals surface area (Å²) in [5.74, 6) is 1.21. The Morgan fingerprint density at radius 1 is 1.50 bits per heavy atom. The van der Waals surface area contributed by atoms with Crippen molar-refractivity contribution < 1.29 is 4.79 Å². The average Bonchev–Trinajstić information content (AvgIpc) is 2.11. The van der Waals surface area contributed by atoms with E-state index in [9.17, 15) is 4.79 Å². The van der Waals surface area contributed by atoms with Crippen LogP contribution < -0.4 is 5.32 Å². The summed E-state index contributed by atoms with van der Waals surface area (Å²) in [5.41, 5.74) is 0. The number of rotatable bonds is 5. The van der Waals surface area contributed by atoms with Crippen LogP contribution in [-0.2, 0) is 4.79 Å². The van der Waals surface area contributed by atoms with E-state index in [-0.39, 0.29) is 11.8 Å². The van der Waals surface area contributed by atoms with Crippen LogP contribution >= 0.6 is 11.6 Å². The van der Waals surface area contributed by atoms with Crippen molar-refractivity contribution in [1.82, 2.24) is 5.32 Å². The van der Waals surface area contributed by atoms with Crippen LogP contribution in [0.5, 0.6) is 0 Å². The molecule has 0 fully saturated rings. The van der Waals surface area contributed by atoms with Gasteiger partial charge in [-0.25, -0.2) is 0 Å². The van der Waals surface area contributed by atoms with Crippen LogP contribution in [0.3, 0.4) is 0 Å². The van der Waals surface area contributed by atoms with Gasteiger partial charge in [-0.2, -0.15) is 0 Å². The van der Waals surface area contributed by atoms with Crippen LogP contribution in [0.1, 0.15) is 27.2 Å². The van der Waals surface area contributed by atoms with Crippen LogP contribution in [0.4, 0.5) is 0 Å². The summed E-state index contributed by atoms with van der Waals surface area (Å²) in [5, 5.41) is 2.86. The molecule has 1 amide bonds. The van der Waals surface area contributed by atoms with E-state index in [0.717, 1.165) is 6.42 Å². The van der Waals surface area contributed by atoms with Gasteiger partial charge in [-0.1, -0.05) is 20.8 Å². The molecule has 0 heterocycles. The van der Waals surface area contributed by atoms with Gasteiger partial charge in [-0.05, 0) is 12.3 Å². The SMILES string of the molecule is CCC(C)C(=O)NCC(C)CCl. The summed E-state index contributed by atoms with van der Waals surface area (Å²) in [6.07, 6.45) is 0.890. The summed E-state index contributed by atoms with van der Waals surface area (Å²) in [6.45, 7) is 6.65. The fraction of sp³-hybridized carbons (Fsp3) is 0.889. The van der Waals surface area contributed by atoms with Gasteiger partial charge in [0.1, 0.15) is 0 Å². The second-order valence-corrected chi connectivity index (χ2v) is 3.62. The number of halogens is 1. The van der Waals surface area contributed by atoms with Crippen LogP contribution in [-0.4, -0.2) is 18.3 Å². The third kappa shape index (κ3) is 4.60. The molecule has 0 spiro atoms. The Kier molecular flexibility index (Phi) is 6.17. The number of nitrogens with one attached hydrogen (secondary N) is 1. The van der Waals surface area contributed by atoms with E-state index in [0.29, 0.717) is 18.3 Å². The van der Waals surface area contributed by atoms with Crippen molar-refractivity contribution in [2.75, 3.05) is 12.4 Å². The fourth-order valence-corrected chi connectivity index (χ4v) is 0.798. The summed E-state index contributed by atoms with van der Waals surface area (Å²) >= 11 is 5.60. The summed E-state index contributed by atoms with van der Waals surface area (Å²) in [7, 11) is 0. The first-order valence-corrected chi connectivity index (χ1v) is 4.98. The van der Waals surface area contributed by atoms with Gasteiger partial charge in [0.15, 0.2) is 0 Å². The van der Waals surface area contributed by atoms with E-state index in [4.69, 9.17) is 11.6 Å². The molecule has 2 nitrogen and oxygen atoms in total. The summed E-state index contributed by atoms with van der Waals surface area (Å²) in [4.78, 5) is 11.2. The van der Waals surface area contributed by atoms with Crippen molar-refractivity contribution in [2.24, 2.45) is 11.8 Å². The van der Waals surface area contributed by atoms with Gasteiger partial charge in [0.2, 0.25) is 5.91 Å². The lowest BCUT2D eigenvalue weighted by Gasteiger charge is -2.12. The molecule has 12 heavy (non-hydrogen) atoms. The number of hydrogen-bond donors (Lipinski definition) is 1. The van der Waals surface area contributed by atoms with Gasteiger partial charge in [-0.15, -0.1) is 11.6 Å². The maximum Gasteiger partial charge on any atom is 0.222 e. The van der Waals surface area contributed by atoms with E-state index in [1.165, 1.54) is 0 Å². The lowest BCUT2D eigenvalue weighted by molar-refractivity contribution is -0.124. The maximum atomic E-state index is 11.2. The molecule has 0 saturated carbocycles. The smallest absolute Gasteiger partial charge is 0.222 e. The van der Waals surface area contributed by atoms with Gasteiger partial charge >= 0.3 is 0 Å². The number of amides is 1. The first kappa shape index (κ1) is 11.8. The first-order valence-electron chi connectivity index (χ1n) is 4.45. The molecule has 0 aromatic rings. The summed E-state index contributed by atoms with van der Waals surface area (Å²) < 4.78 is 0. The lowest BCUT2D eigenvalue weighted by atomic mass is 10.1. The lowest BCUT2D eigenvalue weighted by Crippen LogP contribution is -2.32. The molecule has 0 saturated heterocycles. The van der Waals surface area contributed by atoms with E-state index in [1.54, 1.807) is 0 Å². The molecule has 0 aliphatic carbocycles. The Morgan fingerprint density at radius 2 is 2.08 bits per heavy atom. The zero-order valence-corrected chi connectivity index (χ0v) is 8.82. The monoisotopic (exact) mass is 191 g/mol. The zero-order chi connectivity index (χ0) is 9.56. The molecule has 3 heteroatoms. The molecule has 0 aliphatic heterocycles. The molecule has 0 aromatic carbocycles. The molecular formula is C9H18ClNO. The molecule has 0 aliphatic rings. The Labute approximate surface area is 79.7 Å².